The summed E-state index contributed by atoms with van der Waals surface area (Å²) >= 11 is 7.48. The lowest BCUT2D eigenvalue weighted by molar-refractivity contribution is -0.147. The van der Waals surface area contributed by atoms with E-state index in [1.807, 2.05) is 54.6 Å². The number of hydrogen-bond acceptors (Lipinski definition) is 6. The Balaban J connectivity index is 1.29. The standard InChI is InChI=1S/C35H33ClN2O5S/c1-2-42-34(40)32(24-10-4-3-5-11-24)38-33(39)31(22-44-21-23-16-18-25(36)19-17-23)37-35(41)43-20-30-28-14-8-6-12-26(28)27-13-7-9-15-29(27)30/h3-19,30-32H,2,20-22H2,1H3,(H,37,41)(H,38,39)/t31-,32+/m0/s1. The van der Waals surface area contributed by atoms with Gasteiger partial charge in [0.25, 0.3) is 0 Å². The Labute approximate surface area is 266 Å². The van der Waals surface area contributed by atoms with Crippen LogP contribution in [0, 0.1) is 0 Å². The maximum absolute atomic E-state index is 13.6. The molecule has 2 N–H and O–H groups in total. The number of nitrogens with one attached hydrogen (secondary N) is 2. The second kappa shape index (κ2) is 14.9. The van der Waals surface area contributed by atoms with Gasteiger partial charge in [-0.2, -0.15) is 11.8 Å². The SMILES string of the molecule is CCOC(=O)[C@H](NC(=O)[C@H](CSCc1ccc(Cl)cc1)NC(=O)OCC1c2ccccc2-c2ccccc21)c1ccccc1. The molecule has 5 rings (SSSR count). The number of esters is 1. The van der Waals surface area contributed by atoms with E-state index in [0.29, 0.717) is 16.3 Å². The van der Waals surface area contributed by atoms with Crippen molar-refractivity contribution in [2.45, 2.75) is 30.7 Å². The summed E-state index contributed by atoms with van der Waals surface area (Å²) in [6.07, 6.45) is -0.716. The number of ether oxygens (including phenoxy) is 2. The second-order valence-electron chi connectivity index (χ2n) is 10.3. The highest BCUT2D eigenvalue weighted by molar-refractivity contribution is 7.98. The van der Waals surface area contributed by atoms with Crippen molar-refractivity contribution >= 4 is 41.3 Å². The lowest BCUT2D eigenvalue weighted by Gasteiger charge is -2.23. The van der Waals surface area contributed by atoms with Gasteiger partial charge in [0.1, 0.15) is 12.6 Å². The monoisotopic (exact) mass is 628 g/mol. The van der Waals surface area contributed by atoms with E-state index in [0.717, 1.165) is 27.8 Å². The third-order valence-electron chi connectivity index (χ3n) is 7.36. The number of halogens is 1. The topological polar surface area (TPSA) is 93.7 Å². The molecule has 1 aliphatic rings. The molecule has 2 amide bonds. The minimum atomic E-state index is -1.03. The van der Waals surface area contributed by atoms with Gasteiger partial charge >= 0.3 is 12.1 Å². The normalized spacial score (nSPS) is 13.2. The summed E-state index contributed by atoms with van der Waals surface area (Å²) in [7, 11) is 0. The van der Waals surface area contributed by atoms with Crippen LogP contribution < -0.4 is 10.6 Å². The van der Waals surface area contributed by atoms with Gasteiger partial charge in [-0.25, -0.2) is 9.59 Å². The third-order valence-corrected chi connectivity index (χ3v) is 8.72. The number of amides is 2. The number of hydrogen-bond donors (Lipinski definition) is 2. The van der Waals surface area contributed by atoms with Crippen LogP contribution in [0.2, 0.25) is 5.02 Å². The fourth-order valence-corrected chi connectivity index (χ4v) is 6.38. The minimum Gasteiger partial charge on any atom is -0.464 e. The van der Waals surface area contributed by atoms with Crippen LogP contribution in [0.1, 0.15) is 41.1 Å². The summed E-state index contributed by atoms with van der Waals surface area (Å²) in [5, 5.41) is 6.17. The van der Waals surface area contributed by atoms with E-state index in [-0.39, 0.29) is 24.9 Å². The fourth-order valence-electron chi connectivity index (χ4n) is 5.23. The van der Waals surface area contributed by atoms with Crippen molar-refractivity contribution in [3.8, 4) is 11.1 Å². The van der Waals surface area contributed by atoms with Gasteiger partial charge in [0, 0.05) is 22.4 Å². The van der Waals surface area contributed by atoms with Gasteiger partial charge < -0.3 is 20.1 Å². The number of fused-ring (bicyclic) bond motifs is 3. The predicted molar refractivity (Wildman–Crippen MR) is 174 cm³/mol. The Morgan fingerprint density at radius 1 is 0.795 bits per heavy atom. The van der Waals surface area contributed by atoms with Crippen molar-refractivity contribution in [2.75, 3.05) is 19.0 Å². The lowest BCUT2D eigenvalue weighted by atomic mass is 9.98. The first-order valence-electron chi connectivity index (χ1n) is 14.4. The van der Waals surface area contributed by atoms with Crippen molar-refractivity contribution in [2.24, 2.45) is 0 Å². The van der Waals surface area contributed by atoms with Crippen LogP contribution >= 0.6 is 23.4 Å². The molecule has 0 heterocycles. The van der Waals surface area contributed by atoms with Crippen molar-refractivity contribution in [3.05, 3.63) is 130 Å². The molecule has 226 valence electrons. The maximum Gasteiger partial charge on any atom is 0.407 e. The Morgan fingerprint density at radius 3 is 2.05 bits per heavy atom. The molecule has 0 fully saturated rings. The molecule has 0 aromatic heterocycles. The van der Waals surface area contributed by atoms with Crippen LogP contribution in [0.5, 0.6) is 0 Å². The summed E-state index contributed by atoms with van der Waals surface area (Å²) in [6.45, 7) is 1.98. The Morgan fingerprint density at radius 2 is 1.41 bits per heavy atom. The molecule has 0 radical (unpaired) electrons. The van der Waals surface area contributed by atoms with Crippen molar-refractivity contribution in [1.82, 2.24) is 10.6 Å². The Bertz CT molecular complexity index is 1550. The van der Waals surface area contributed by atoms with Gasteiger partial charge in [-0.05, 0) is 52.4 Å². The largest absolute Gasteiger partial charge is 0.464 e. The number of rotatable bonds is 12. The highest BCUT2D eigenvalue weighted by atomic mass is 35.5. The van der Waals surface area contributed by atoms with Crippen molar-refractivity contribution in [3.63, 3.8) is 0 Å². The fraction of sp³-hybridized carbons (Fsp3) is 0.229. The molecule has 0 saturated carbocycles. The number of benzene rings is 4. The summed E-state index contributed by atoms with van der Waals surface area (Å²) < 4.78 is 11.0. The summed E-state index contributed by atoms with van der Waals surface area (Å²) in [5.41, 5.74) is 6.03. The van der Waals surface area contributed by atoms with E-state index in [4.69, 9.17) is 21.1 Å². The van der Waals surface area contributed by atoms with Gasteiger partial charge in [-0.1, -0.05) is 103 Å². The van der Waals surface area contributed by atoms with E-state index in [1.165, 1.54) is 11.8 Å². The maximum atomic E-state index is 13.6. The summed E-state index contributed by atoms with van der Waals surface area (Å²) in [5.74, 6) is -0.396. The number of carbonyl (C=O) groups is 3. The van der Waals surface area contributed by atoms with E-state index in [1.54, 1.807) is 43.3 Å². The molecule has 0 unspecified atom stereocenters. The average Bonchev–Trinajstić information content (AvgIpc) is 3.37. The minimum absolute atomic E-state index is 0.113. The highest BCUT2D eigenvalue weighted by Crippen LogP contribution is 2.44. The van der Waals surface area contributed by atoms with Crippen LogP contribution in [0.4, 0.5) is 4.79 Å². The zero-order valence-corrected chi connectivity index (χ0v) is 25.8. The smallest absolute Gasteiger partial charge is 0.407 e. The van der Waals surface area contributed by atoms with E-state index >= 15 is 0 Å². The zero-order valence-electron chi connectivity index (χ0n) is 24.2. The van der Waals surface area contributed by atoms with E-state index in [2.05, 4.69) is 22.8 Å². The second-order valence-corrected chi connectivity index (χ2v) is 11.7. The molecule has 1 aliphatic carbocycles. The molecule has 0 aliphatic heterocycles. The van der Waals surface area contributed by atoms with Gasteiger partial charge in [-0.15, -0.1) is 0 Å². The predicted octanol–water partition coefficient (Wildman–Crippen LogP) is 6.90. The van der Waals surface area contributed by atoms with Gasteiger partial charge in [0.2, 0.25) is 5.91 Å². The average molecular weight is 629 g/mol. The first-order chi connectivity index (χ1) is 21.4. The van der Waals surface area contributed by atoms with Gasteiger partial charge in [-0.3, -0.25) is 4.79 Å². The Hall–Kier alpha value is -4.27. The zero-order chi connectivity index (χ0) is 30.9. The highest BCUT2D eigenvalue weighted by Gasteiger charge is 2.31. The first kappa shape index (κ1) is 31.2. The molecule has 0 saturated heterocycles. The molecule has 7 nitrogen and oxygen atoms in total. The molecule has 9 heteroatoms. The number of thioether (sulfide) groups is 1. The van der Waals surface area contributed by atoms with Crippen LogP contribution in [0.15, 0.2) is 103 Å². The summed E-state index contributed by atoms with van der Waals surface area (Å²) in [4.78, 5) is 39.6. The summed E-state index contributed by atoms with van der Waals surface area (Å²) in [6, 6.07) is 30.5. The van der Waals surface area contributed by atoms with Crippen LogP contribution in [0.3, 0.4) is 0 Å². The van der Waals surface area contributed by atoms with Crippen molar-refractivity contribution < 1.29 is 23.9 Å². The third kappa shape index (κ3) is 7.62. The van der Waals surface area contributed by atoms with Gasteiger partial charge in [0.15, 0.2) is 6.04 Å². The molecular weight excluding hydrogens is 596 g/mol. The quantitative estimate of drug-likeness (QED) is 0.166. The van der Waals surface area contributed by atoms with Crippen LogP contribution in [-0.2, 0) is 24.8 Å². The number of alkyl carbamates (subject to hydrolysis) is 1. The molecule has 44 heavy (non-hydrogen) atoms. The van der Waals surface area contributed by atoms with E-state index < -0.39 is 30.1 Å². The van der Waals surface area contributed by atoms with Crippen LogP contribution in [-0.4, -0.2) is 43.0 Å². The molecule has 2 atom stereocenters. The molecule has 0 spiro atoms. The van der Waals surface area contributed by atoms with Gasteiger partial charge in [0.05, 0.1) is 6.61 Å². The first-order valence-corrected chi connectivity index (χ1v) is 15.9. The molecule has 0 bridgehead atoms. The van der Waals surface area contributed by atoms with Crippen molar-refractivity contribution in [1.29, 1.82) is 0 Å². The molecule has 4 aromatic rings. The number of carbonyl (C=O) groups excluding carboxylic acids is 3. The lowest BCUT2D eigenvalue weighted by Crippen LogP contribution is -2.50. The molecule has 4 aromatic carbocycles. The van der Waals surface area contributed by atoms with E-state index in [9.17, 15) is 14.4 Å². The van der Waals surface area contributed by atoms with Crippen LogP contribution in [0.25, 0.3) is 11.1 Å². The Kier molecular flexibility index (Phi) is 10.6. The molecular formula is C35H33ClN2O5S.